The number of carbonyl (C=O) groups is 1. The Morgan fingerprint density at radius 2 is 1.90 bits per heavy atom. The molecule has 0 spiro atoms. The van der Waals surface area contributed by atoms with E-state index < -0.39 is 0 Å². The van der Waals surface area contributed by atoms with Gasteiger partial charge in [0.25, 0.3) is 5.91 Å². The lowest BCUT2D eigenvalue weighted by molar-refractivity contribution is 0.0947. The highest BCUT2D eigenvalue weighted by Gasteiger charge is 2.09. The van der Waals surface area contributed by atoms with E-state index in [2.05, 4.69) is 10.3 Å². The van der Waals surface area contributed by atoms with Gasteiger partial charge < -0.3 is 16.0 Å². The molecule has 2 aromatic carbocycles. The monoisotopic (exact) mass is 279 g/mol. The molecular formula is C17H17N3O. The number of H-pyrrole nitrogens is 1. The van der Waals surface area contributed by atoms with E-state index >= 15 is 0 Å². The lowest BCUT2D eigenvalue weighted by Crippen LogP contribution is -2.23. The molecule has 0 unspecified atom stereocenters. The molecule has 3 rings (SSSR count). The summed E-state index contributed by atoms with van der Waals surface area (Å²) in [6.45, 7) is 2.55. The molecule has 106 valence electrons. The highest BCUT2D eigenvalue weighted by molar-refractivity contribution is 5.98. The first-order valence-corrected chi connectivity index (χ1v) is 6.84. The van der Waals surface area contributed by atoms with Crippen LogP contribution >= 0.6 is 0 Å². The van der Waals surface area contributed by atoms with Gasteiger partial charge in [0.2, 0.25) is 0 Å². The predicted octanol–water partition coefficient (Wildman–Crippen LogP) is 2.99. The molecule has 21 heavy (non-hydrogen) atoms. The Kier molecular flexibility index (Phi) is 3.36. The largest absolute Gasteiger partial charge is 0.399 e. The van der Waals surface area contributed by atoms with Crippen LogP contribution < -0.4 is 11.1 Å². The number of nitrogens with two attached hydrogens (primary N) is 1. The molecule has 0 radical (unpaired) electrons. The van der Waals surface area contributed by atoms with E-state index in [0.717, 1.165) is 16.5 Å². The van der Waals surface area contributed by atoms with Gasteiger partial charge in [-0.3, -0.25) is 4.79 Å². The van der Waals surface area contributed by atoms with Gasteiger partial charge in [-0.2, -0.15) is 0 Å². The van der Waals surface area contributed by atoms with Crippen LogP contribution in [-0.2, 0) is 6.54 Å². The Hall–Kier alpha value is -2.75. The zero-order valence-electron chi connectivity index (χ0n) is 11.8. The average Bonchev–Trinajstić information content (AvgIpc) is 2.89. The van der Waals surface area contributed by atoms with Crippen LogP contribution in [0.15, 0.2) is 48.5 Å². The van der Waals surface area contributed by atoms with Gasteiger partial charge in [-0.1, -0.05) is 29.8 Å². The number of aryl methyl sites for hydroxylation is 1. The van der Waals surface area contributed by atoms with Crippen molar-refractivity contribution in [3.8, 4) is 0 Å². The van der Waals surface area contributed by atoms with Crippen LogP contribution in [0.4, 0.5) is 5.69 Å². The summed E-state index contributed by atoms with van der Waals surface area (Å²) in [7, 11) is 0. The third kappa shape index (κ3) is 2.89. The number of hydrogen-bond donors (Lipinski definition) is 3. The number of carbonyl (C=O) groups excluding carboxylic acids is 1. The number of nitrogens with one attached hydrogen (secondary N) is 2. The maximum absolute atomic E-state index is 12.2. The fourth-order valence-corrected chi connectivity index (χ4v) is 2.26. The molecule has 0 aliphatic heterocycles. The molecule has 3 aromatic rings. The number of aromatic amines is 1. The van der Waals surface area contributed by atoms with Crippen molar-refractivity contribution >= 4 is 22.5 Å². The molecule has 1 heterocycles. The number of anilines is 1. The van der Waals surface area contributed by atoms with Gasteiger partial charge in [0.1, 0.15) is 5.69 Å². The van der Waals surface area contributed by atoms with Crippen LogP contribution in [0.25, 0.3) is 10.9 Å². The van der Waals surface area contributed by atoms with E-state index in [1.54, 1.807) is 0 Å². The summed E-state index contributed by atoms with van der Waals surface area (Å²) in [6.07, 6.45) is 0. The molecule has 4 nitrogen and oxygen atoms in total. The van der Waals surface area contributed by atoms with Crippen LogP contribution in [0.1, 0.15) is 21.6 Å². The summed E-state index contributed by atoms with van der Waals surface area (Å²) >= 11 is 0. The maximum Gasteiger partial charge on any atom is 0.267 e. The normalized spacial score (nSPS) is 10.7. The number of amides is 1. The fourth-order valence-electron chi connectivity index (χ4n) is 2.26. The third-order valence-corrected chi connectivity index (χ3v) is 3.46. The molecule has 0 aliphatic carbocycles. The summed E-state index contributed by atoms with van der Waals surface area (Å²) in [5, 5.41) is 3.85. The summed E-state index contributed by atoms with van der Waals surface area (Å²) in [6, 6.07) is 15.5. The SMILES string of the molecule is Cc1ccc(CNC(=O)c2cc3cc(N)ccc3[nH]2)cc1. The van der Waals surface area contributed by atoms with Gasteiger partial charge in [-0.05, 0) is 36.8 Å². The zero-order valence-corrected chi connectivity index (χ0v) is 11.8. The van der Waals surface area contributed by atoms with E-state index in [-0.39, 0.29) is 5.91 Å². The molecule has 4 heteroatoms. The quantitative estimate of drug-likeness (QED) is 0.645. The summed E-state index contributed by atoms with van der Waals surface area (Å²) < 4.78 is 0. The zero-order chi connectivity index (χ0) is 14.8. The van der Waals surface area contributed by atoms with Crippen molar-refractivity contribution < 1.29 is 4.79 Å². The molecule has 4 N–H and O–H groups in total. The summed E-state index contributed by atoms with van der Waals surface area (Å²) in [5.41, 5.74) is 10.2. The number of fused-ring (bicyclic) bond motifs is 1. The van der Waals surface area contributed by atoms with Gasteiger partial charge in [-0.25, -0.2) is 0 Å². The van der Waals surface area contributed by atoms with E-state index in [9.17, 15) is 4.79 Å². The molecule has 0 bridgehead atoms. The van der Waals surface area contributed by atoms with Crippen LogP contribution in [0, 0.1) is 6.92 Å². The topological polar surface area (TPSA) is 70.9 Å². The lowest BCUT2D eigenvalue weighted by Gasteiger charge is -2.04. The molecule has 1 amide bonds. The second kappa shape index (κ2) is 5.32. The van der Waals surface area contributed by atoms with Crippen molar-refractivity contribution in [2.45, 2.75) is 13.5 Å². The molecule has 1 aromatic heterocycles. The van der Waals surface area contributed by atoms with Crippen molar-refractivity contribution in [3.05, 3.63) is 65.4 Å². The smallest absolute Gasteiger partial charge is 0.267 e. The standard InChI is InChI=1S/C17H17N3O/c1-11-2-4-12(5-3-11)10-19-17(21)16-9-13-8-14(18)6-7-15(13)20-16/h2-9,20H,10,18H2,1H3,(H,19,21). The Bertz CT molecular complexity index is 787. The number of benzene rings is 2. The van der Waals surface area contributed by atoms with Crippen LogP contribution in [-0.4, -0.2) is 10.9 Å². The predicted molar refractivity (Wildman–Crippen MR) is 85.1 cm³/mol. The summed E-state index contributed by atoms with van der Waals surface area (Å²) in [5.74, 6) is -0.120. The number of hydrogen-bond acceptors (Lipinski definition) is 2. The van der Waals surface area contributed by atoms with Gasteiger partial charge in [0.15, 0.2) is 0 Å². The molecule has 0 aliphatic rings. The first-order valence-electron chi connectivity index (χ1n) is 6.84. The Labute approximate surface area is 123 Å². The van der Waals surface area contributed by atoms with E-state index in [0.29, 0.717) is 17.9 Å². The third-order valence-electron chi connectivity index (χ3n) is 3.46. The average molecular weight is 279 g/mol. The van der Waals surface area contributed by atoms with E-state index in [4.69, 9.17) is 5.73 Å². The van der Waals surface area contributed by atoms with Crippen LogP contribution in [0.5, 0.6) is 0 Å². The first kappa shape index (κ1) is 13.2. The molecule has 0 atom stereocenters. The van der Waals surface area contributed by atoms with Gasteiger partial charge in [0.05, 0.1) is 0 Å². The number of aromatic nitrogens is 1. The van der Waals surface area contributed by atoms with Crippen molar-refractivity contribution in [1.29, 1.82) is 0 Å². The summed E-state index contributed by atoms with van der Waals surface area (Å²) in [4.78, 5) is 15.3. The first-order chi connectivity index (χ1) is 10.1. The minimum Gasteiger partial charge on any atom is -0.399 e. The Morgan fingerprint density at radius 1 is 1.14 bits per heavy atom. The van der Waals surface area contributed by atoms with Crippen molar-refractivity contribution in [2.24, 2.45) is 0 Å². The van der Waals surface area contributed by atoms with Gasteiger partial charge in [0, 0.05) is 23.1 Å². The Morgan fingerprint density at radius 3 is 2.67 bits per heavy atom. The highest BCUT2D eigenvalue weighted by Crippen LogP contribution is 2.18. The molecule has 0 saturated carbocycles. The fraction of sp³-hybridized carbons (Fsp3) is 0.118. The second-order valence-corrected chi connectivity index (χ2v) is 5.20. The highest BCUT2D eigenvalue weighted by atomic mass is 16.1. The van der Waals surface area contributed by atoms with Crippen LogP contribution in [0.3, 0.4) is 0 Å². The van der Waals surface area contributed by atoms with Crippen molar-refractivity contribution in [1.82, 2.24) is 10.3 Å². The van der Waals surface area contributed by atoms with E-state index in [1.807, 2.05) is 55.5 Å². The number of rotatable bonds is 3. The van der Waals surface area contributed by atoms with Crippen molar-refractivity contribution in [2.75, 3.05) is 5.73 Å². The molecular weight excluding hydrogens is 262 g/mol. The molecule has 0 saturated heterocycles. The minimum atomic E-state index is -0.120. The number of nitrogen functional groups attached to an aromatic ring is 1. The van der Waals surface area contributed by atoms with Gasteiger partial charge in [-0.15, -0.1) is 0 Å². The van der Waals surface area contributed by atoms with Gasteiger partial charge >= 0.3 is 0 Å². The van der Waals surface area contributed by atoms with Crippen molar-refractivity contribution in [3.63, 3.8) is 0 Å². The Balaban J connectivity index is 1.73. The van der Waals surface area contributed by atoms with Crippen LogP contribution in [0.2, 0.25) is 0 Å². The molecule has 0 fully saturated rings. The maximum atomic E-state index is 12.2. The van der Waals surface area contributed by atoms with E-state index in [1.165, 1.54) is 5.56 Å². The lowest BCUT2D eigenvalue weighted by atomic mass is 10.1. The minimum absolute atomic E-state index is 0.120. The second-order valence-electron chi connectivity index (χ2n) is 5.20.